The second-order valence-corrected chi connectivity index (χ2v) is 6.54. The van der Waals surface area contributed by atoms with Gasteiger partial charge in [-0.05, 0) is 48.9 Å². The van der Waals surface area contributed by atoms with Crippen molar-refractivity contribution in [1.82, 2.24) is 19.7 Å². The molecule has 0 aliphatic carbocycles. The van der Waals surface area contributed by atoms with Crippen molar-refractivity contribution >= 4 is 5.91 Å². The summed E-state index contributed by atoms with van der Waals surface area (Å²) in [6.07, 6.45) is 1.76. The third kappa shape index (κ3) is 4.99. The van der Waals surface area contributed by atoms with Crippen molar-refractivity contribution in [3.8, 4) is 5.88 Å². The molecule has 4 rings (SSSR count). The first-order chi connectivity index (χ1) is 14.1. The Balaban J connectivity index is 0.00000117. The molecule has 6 nitrogen and oxygen atoms in total. The number of carbonyl (C=O) groups excluding carboxylic acids is 1. The molecule has 1 amide bonds. The number of amides is 1. The number of carbonyl (C=O) groups is 1. The molecular weight excluding hydrogens is 371 g/mol. The number of aromatic nitrogens is 3. The van der Waals surface area contributed by atoms with Crippen molar-refractivity contribution in [3.63, 3.8) is 0 Å². The van der Waals surface area contributed by atoms with Crippen LogP contribution < -0.4 is 4.74 Å². The average molecular weight is 396 g/mol. The van der Waals surface area contributed by atoms with Gasteiger partial charge in [-0.2, -0.15) is 0 Å². The summed E-state index contributed by atoms with van der Waals surface area (Å²) in [6, 6.07) is 11.4. The Hall–Kier alpha value is -3.22. The van der Waals surface area contributed by atoms with E-state index >= 15 is 0 Å². The van der Waals surface area contributed by atoms with Gasteiger partial charge in [-0.3, -0.25) is 14.5 Å². The molecule has 7 heteroatoms. The summed E-state index contributed by atoms with van der Waals surface area (Å²) in [6.45, 7) is 7.93. The molecule has 0 saturated carbocycles. The molecule has 0 saturated heterocycles. The minimum Gasteiger partial charge on any atom is -0.470 e. The summed E-state index contributed by atoms with van der Waals surface area (Å²) in [5, 5.41) is 4.45. The fraction of sp³-hybridized carbons (Fsp3) is 0.318. The lowest BCUT2D eigenvalue weighted by molar-refractivity contribution is 0.0706. The Morgan fingerprint density at radius 2 is 1.90 bits per heavy atom. The van der Waals surface area contributed by atoms with E-state index in [1.54, 1.807) is 11.1 Å². The summed E-state index contributed by atoms with van der Waals surface area (Å²) >= 11 is 0. The van der Waals surface area contributed by atoms with Crippen LogP contribution in [0.1, 0.15) is 41.2 Å². The molecule has 0 atom stereocenters. The van der Waals surface area contributed by atoms with Crippen LogP contribution in [-0.4, -0.2) is 32.1 Å². The van der Waals surface area contributed by atoms with E-state index in [1.165, 1.54) is 24.3 Å². The van der Waals surface area contributed by atoms with Crippen LogP contribution in [0.15, 0.2) is 48.7 Å². The first-order valence-corrected chi connectivity index (χ1v) is 9.74. The zero-order valence-electron chi connectivity index (χ0n) is 16.9. The van der Waals surface area contributed by atoms with E-state index in [0.29, 0.717) is 37.7 Å². The Kier molecular flexibility index (Phi) is 6.59. The smallest absolute Gasteiger partial charge is 0.254 e. The Bertz CT molecular complexity index is 969. The predicted octanol–water partition coefficient (Wildman–Crippen LogP) is 3.99. The molecule has 0 fully saturated rings. The van der Waals surface area contributed by atoms with Gasteiger partial charge < -0.3 is 9.64 Å². The third-order valence-corrected chi connectivity index (χ3v) is 4.49. The molecule has 0 bridgehead atoms. The number of pyridine rings is 1. The van der Waals surface area contributed by atoms with Gasteiger partial charge in [0.15, 0.2) is 0 Å². The molecule has 1 aliphatic rings. The first kappa shape index (κ1) is 20.5. The van der Waals surface area contributed by atoms with Gasteiger partial charge in [0.05, 0.1) is 24.5 Å². The molecule has 2 aromatic heterocycles. The maximum absolute atomic E-state index is 13.1. The van der Waals surface area contributed by atoms with Gasteiger partial charge in [-0.15, -0.1) is 5.10 Å². The largest absolute Gasteiger partial charge is 0.470 e. The minimum absolute atomic E-state index is 0.117. The Labute approximate surface area is 169 Å². The lowest BCUT2D eigenvalue weighted by Crippen LogP contribution is -2.38. The number of hydrogen-bond donors (Lipinski definition) is 0. The maximum Gasteiger partial charge on any atom is 0.254 e. The molecule has 0 N–H and O–H groups in total. The number of benzene rings is 1. The van der Waals surface area contributed by atoms with Crippen molar-refractivity contribution in [2.75, 3.05) is 6.54 Å². The van der Waals surface area contributed by atoms with Crippen LogP contribution >= 0.6 is 0 Å². The number of aryl methyl sites for hydroxylation is 1. The molecule has 0 radical (unpaired) electrons. The number of ether oxygens (including phenoxy) is 1. The zero-order valence-corrected chi connectivity index (χ0v) is 16.9. The predicted molar refractivity (Wildman–Crippen MR) is 108 cm³/mol. The molecule has 0 spiro atoms. The first-order valence-electron chi connectivity index (χ1n) is 9.74. The van der Waals surface area contributed by atoms with Gasteiger partial charge in [-0.25, -0.2) is 4.39 Å². The monoisotopic (exact) mass is 396 g/mol. The molecule has 1 aromatic carbocycles. The molecule has 1 aliphatic heterocycles. The van der Waals surface area contributed by atoms with Gasteiger partial charge in [-0.1, -0.05) is 13.8 Å². The van der Waals surface area contributed by atoms with Gasteiger partial charge in [0, 0.05) is 24.4 Å². The van der Waals surface area contributed by atoms with Gasteiger partial charge in [0.25, 0.3) is 5.91 Å². The number of halogens is 1. The number of rotatable bonds is 4. The molecule has 3 heterocycles. The van der Waals surface area contributed by atoms with Crippen LogP contribution in [0, 0.1) is 12.7 Å². The number of hydrogen-bond acceptors (Lipinski definition) is 4. The summed E-state index contributed by atoms with van der Waals surface area (Å²) in [7, 11) is 0. The van der Waals surface area contributed by atoms with Crippen LogP contribution in [0.2, 0.25) is 0 Å². The van der Waals surface area contributed by atoms with E-state index in [0.717, 1.165) is 17.0 Å². The fourth-order valence-electron chi connectivity index (χ4n) is 3.08. The number of fused-ring (bicyclic) bond motifs is 1. The van der Waals surface area contributed by atoms with Crippen LogP contribution in [0.5, 0.6) is 5.88 Å². The maximum atomic E-state index is 13.1. The van der Waals surface area contributed by atoms with Crippen LogP contribution in [-0.2, 0) is 19.7 Å². The van der Waals surface area contributed by atoms with E-state index < -0.39 is 0 Å². The highest BCUT2D eigenvalue weighted by Crippen LogP contribution is 2.20. The van der Waals surface area contributed by atoms with E-state index in [1.807, 2.05) is 43.7 Å². The summed E-state index contributed by atoms with van der Waals surface area (Å²) in [5.41, 5.74) is 3.35. The van der Waals surface area contributed by atoms with Crippen LogP contribution in [0.25, 0.3) is 0 Å². The quantitative estimate of drug-likeness (QED) is 0.669. The standard InChI is InChI=1S/C20H19FN4O2.C2H6/c1-14-6-7-22-17(10-14)13-27-19-11-18-12-24(8-9-25(18)23-19)20(26)15-2-4-16(21)5-3-15;1-2/h2-7,10-11H,8-9,12-13H2,1H3;1-2H3. The zero-order chi connectivity index (χ0) is 20.8. The summed E-state index contributed by atoms with van der Waals surface area (Å²) < 4.78 is 20.7. The highest BCUT2D eigenvalue weighted by Gasteiger charge is 2.23. The topological polar surface area (TPSA) is 60.2 Å². The third-order valence-electron chi connectivity index (χ3n) is 4.49. The SMILES string of the molecule is CC.Cc1ccnc(COc2cc3n(n2)CCN(C(=O)c2ccc(F)cc2)C3)c1. The molecule has 29 heavy (non-hydrogen) atoms. The summed E-state index contributed by atoms with van der Waals surface area (Å²) in [5.74, 6) is 0.0476. The lowest BCUT2D eigenvalue weighted by atomic mass is 10.1. The van der Waals surface area contributed by atoms with Crippen LogP contribution in [0.4, 0.5) is 4.39 Å². The van der Waals surface area contributed by atoms with E-state index in [2.05, 4.69) is 10.1 Å². The molecule has 3 aromatic rings. The normalized spacial score (nSPS) is 12.6. The van der Waals surface area contributed by atoms with Crippen molar-refractivity contribution in [2.24, 2.45) is 0 Å². The summed E-state index contributed by atoms with van der Waals surface area (Å²) in [4.78, 5) is 18.6. The van der Waals surface area contributed by atoms with Crippen LogP contribution in [0.3, 0.4) is 0 Å². The van der Waals surface area contributed by atoms with Gasteiger partial charge in [0.1, 0.15) is 12.4 Å². The molecule has 0 unspecified atom stereocenters. The second kappa shape index (κ2) is 9.32. The van der Waals surface area contributed by atoms with Gasteiger partial charge >= 0.3 is 0 Å². The van der Waals surface area contributed by atoms with Crippen molar-refractivity contribution < 1.29 is 13.9 Å². The van der Waals surface area contributed by atoms with Crippen molar-refractivity contribution in [3.05, 3.63) is 77.0 Å². The number of nitrogens with zero attached hydrogens (tertiary/aromatic N) is 4. The van der Waals surface area contributed by atoms with Gasteiger partial charge in [0.2, 0.25) is 5.88 Å². The Morgan fingerprint density at radius 3 is 2.62 bits per heavy atom. The van der Waals surface area contributed by atoms with Crippen molar-refractivity contribution in [1.29, 1.82) is 0 Å². The highest BCUT2D eigenvalue weighted by atomic mass is 19.1. The molecule has 152 valence electrons. The fourth-order valence-corrected chi connectivity index (χ4v) is 3.08. The minimum atomic E-state index is -0.354. The lowest BCUT2D eigenvalue weighted by Gasteiger charge is -2.27. The van der Waals surface area contributed by atoms with E-state index in [-0.39, 0.29) is 11.7 Å². The van der Waals surface area contributed by atoms with E-state index in [9.17, 15) is 9.18 Å². The second-order valence-electron chi connectivity index (χ2n) is 6.54. The highest BCUT2D eigenvalue weighted by molar-refractivity contribution is 5.94. The van der Waals surface area contributed by atoms with E-state index in [4.69, 9.17) is 4.74 Å². The Morgan fingerprint density at radius 1 is 1.14 bits per heavy atom. The molecular formula is C22H25FN4O2. The van der Waals surface area contributed by atoms with Crippen molar-refractivity contribution in [2.45, 2.75) is 40.5 Å². The average Bonchev–Trinajstić information content (AvgIpc) is 3.16.